The van der Waals surface area contributed by atoms with E-state index in [-0.39, 0.29) is 11.7 Å². The average Bonchev–Trinajstić information content (AvgIpc) is 3.49. The summed E-state index contributed by atoms with van der Waals surface area (Å²) in [6.07, 6.45) is 7.36. The monoisotopic (exact) mass is 424 g/mol. The van der Waals surface area contributed by atoms with Gasteiger partial charge in [-0.25, -0.2) is 9.98 Å². The molecule has 2 aromatic rings. The van der Waals surface area contributed by atoms with E-state index in [0.29, 0.717) is 22.3 Å². The minimum absolute atomic E-state index is 0.184. The minimum Gasteiger partial charge on any atom is -0.335 e. The summed E-state index contributed by atoms with van der Waals surface area (Å²) in [4.78, 5) is 24.6. The predicted molar refractivity (Wildman–Crippen MR) is 116 cm³/mol. The van der Waals surface area contributed by atoms with Crippen molar-refractivity contribution in [3.63, 3.8) is 0 Å². The van der Waals surface area contributed by atoms with Crippen LogP contribution in [-0.2, 0) is 0 Å². The third kappa shape index (κ3) is 5.30. The van der Waals surface area contributed by atoms with Gasteiger partial charge in [-0.05, 0) is 45.5 Å². The Kier molecular flexibility index (Phi) is 6.59. The number of hydrogen-bond donors (Lipinski definition) is 2. The Labute approximate surface area is 179 Å². The molecular formula is C20H21ClN8O. The summed E-state index contributed by atoms with van der Waals surface area (Å²) in [5, 5.41) is 19.2. The first-order chi connectivity index (χ1) is 14.4. The van der Waals surface area contributed by atoms with Gasteiger partial charge in [0.15, 0.2) is 0 Å². The third-order valence-electron chi connectivity index (χ3n) is 4.28. The molecule has 154 valence electrons. The molecule has 0 unspecified atom stereocenters. The van der Waals surface area contributed by atoms with E-state index in [1.165, 1.54) is 12.3 Å². The number of anilines is 1. The van der Waals surface area contributed by atoms with Gasteiger partial charge in [0.25, 0.3) is 5.91 Å². The molecular weight excluding hydrogens is 404 g/mol. The van der Waals surface area contributed by atoms with Crippen molar-refractivity contribution in [2.75, 3.05) is 5.32 Å². The van der Waals surface area contributed by atoms with Gasteiger partial charge in [-0.15, -0.1) is 0 Å². The predicted octanol–water partition coefficient (Wildman–Crippen LogP) is 3.35. The molecule has 0 bridgehead atoms. The topological polar surface area (TPSA) is 120 Å². The molecule has 10 heteroatoms. The lowest BCUT2D eigenvalue weighted by Gasteiger charge is -2.09. The highest BCUT2D eigenvalue weighted by atomic mass is 35.5. The molecule has 1 fully saturated rings. The van der Waals surface area contributed by atoms with E-state index in [4.69, 9.17) is 16.9 Å². The average molecular weight is 425 g/mol. The molecule has 0 aliphatic heterocycles. The molecule has 1 atom stereocenters. The largest absolute Gasteiger partial charge is 0.335 e. The number of aliphatic imine (C=N–C) groups is 2. The Morgan fingerprint density at radius 1 is 1.43 bits per heavy atom. The fourth-order valence-corrected chi connectivity index (χ4v) is 2.74. The van der Waals surface area contributed by atoms with Crippen LogP contribution in [0.15, 0.2) is 45.7 Å². The molecule has 1 aliphatic rings. The SMILES string of the molecule is C=NC(=N/C(=C(\C)Cl)c1ccc(C(=O)N[C@@H](C)C#N)nc1)Nc1cnn(C2CC2)c1. The Morgan fingerprint density at radius 3 is 2.77 bits per heavy atom. The second-order valence-electron chi connectivity index (χ2n) is 6.80. The van der Waals surface area contributed by atoms with E-state index in [2.05, 4.69) is 37.4 Å². The first kappa shape index (κ1) is 21.2. The maximum absolute atomic E-state index is 12.1. The van der Waals surface area contributed by atoms with Gasteiger partial charge >= 0.3 is 0 Å². The van der Waals surface area contributed by atoms with E-state index >= 15 is 0 Å². The molecule has 2 N–H and O–H groups in total. The summed E-state index contributed by atoms with van der Waals surface area (Å²) in [6, 6.07) is 5.01. The number of carbonyl (C=O) groups is 1. The first-order valence-electron chi connectivity index (χ1n) is 9.31. The maximum Gasteiger partial charge on any atom is 0.270 e. The molecule has 0 spiro atoms. The molecule has 0 saturated heterocycles. The number of rotatable bonds is 6. The minimum atomic E-state index is -0.610. The normalized spacial score (nSPS) is 15.6. The van der Waals surface area contributed by atoms with Crippen molar-refractivity contribution in [1.29, 1.82) is 5.26 Å². The number of guanidine groups is 1. The number of nitrogens with zero attached hydrogens (tertiary/aromatic N) is 6. The molecule has 9 nitrogen and oxygen atoms in total. The summed E-state index contributed by atoms with van der Waals surface area (Å²) >= 11 is 6.25. The molecule has 0 radical (unpaired) electrons. The lowest BCUT2D eigenvalue weighted by atomic mass is 10.2. The van der Waals surface area contributed by atoms with Gasteiger partial charge in [0.2, 0.25) is 5.96 Å². The Morgan fingerprint density at radius 2 is 2.20 bits per heavy atom. The fourth-order valence-electron chi connectivity index (χ4n) is 2.59. The van der Waals surface area contributed by atoms with Crippen LogP contribution >= 0.6 is 11.6 Å². The highest BCUT2D eigenvalue weighted by Crippen LogP contribution is 2.34. The van der Waals surface area contributed by atoms with E-state index in [1.807, 2.05) is 16.9 Å². The Bertz CT molecular complexity index is 1040. The van der Waals surface area contributed by atoms with Crippen molar-refractivity contribution in [2.45, 2.75) is 38.8 Å². The number of allylic oxidation sites excluding steroid dienone is 1. The molecule has 1 aliphatic carbocycles. The number of aromatic nitrogens is 3. The van der Waals surface area contributed by atoms with E-state index < -0.39 is 11.9 Å². The highest BCUT2D eigenvalue weighted by Gasteiger charge is 2.24. The van der Waals surface area contributed by atoms with Gasteiger partial charge in [-0.1, -0.05) is 11.6 Å². The Hall–Kier alpha value is -3.51. The lowest BCUT2D eigenvalue weighted by molar-refractivity contribution is 0.0943. The smallest absolute Gasteiger partial charge is 0.270 e. The quantitative estimate of drug-likeness (QED) is 0.544. The van der Waals surface area contributed by atoms with Crippen LogP contribution in [0.1, 0.15) is 48.8 Å². The number of halogens is 1. The molecule has 3 rings (SSSR count). The van der Waals surface area contributed by atoms with Crippen LogP contribution in [-0.4, -0.2) is 39.4 Å². The fraction of sp³-hybridized carbons (Fsp3) is 0.300. The molecule has 2 aromatic heterocycles. The number of amides is 1. The third-order valence-corrected chi connectivity index (χ3v) is 4.46. The van der Waals surface area contributed by atoms with Crippen LogP contribution in [0, 0.1) is 11.3 Å². The maximum atomic E-state index is 12.1. The summed E-state index contributed by atoms with van der Waals surface area (Å²) in [5.74, 6) is -0.181. The standard InChI is InChI=1S/C20H21ClN8O/c1-12(8-22)26-19(30)17-7-4-14(9-24-17)18(13(2)21)28-20(23-3)27-15-10-25-29(11-15)16-5-6-16/h4,7,9-12,16H,3,5-6H2,1-2H3,(H,26,30)(H,27,28)/b18-13+/t12-/m0/s1. The van der Waals surface area contributed by atoms with Crippen LogP contribution in [0.2, 0.25) is 0 Å². The van der Waals surface area contributed by atoms with Crippen molar-refractivity contribution in [2.24, 2.45) is 9.98 Å². The molecule has 2 heterocycles. The number of hydrogen-bond acceptors (Lipinski definition) is 5. The number of carbonyl (C=O) groups excluding carboxylic acids is 1. The molecule has 30 heavy (non-hydrogen) atoms. The van der Waals surface area contributed by atoms with Crippen molar-refractivity contribution in [3.05, 3.63) is 47.0 Å². The van der Waals surface area contributed by atoms with Crippen molar-refractivity contribution in [3.8, 4) is 6.07 Å². The summed E-state index contributed by atoms with van der Waals surface area (Å²) in [7, 11) is 0. The van der Waals surface area contributed by atoms with Crippen LogP contribution in [0.5, 0.6) is 0 Å². The zero-order chi connectivity index (χ0) is 21.7. The zero-order valence-corrected chi connectivity index (χ0v) is 17.4. The van der Waals surface area contributed by atoms with Gasteiger partial charge in [0, 0.05) is 23.0 Å². The van der Waals surface area contributed by atoms with E-state index in [0.717, 1.165) is 18.5 Å². The van der Waals surface area contributed by atoms with Crippen molar-refractivity contribution in [1.82, 2.24) is 20.1 Å². The number of nitriles is 1. The van der Waals surface area contributed by atoms with Crippen LogP contribution in [0.4, 0.5) is 5.69 Å². The van der Waals surface area contributed by atoms with Crippen LogP contribution in [0.3, 0.4) is 0 Å². The first-order valence-corrected chi connectivity index (χ1v) is 9.69. The van der Waals surface area contributed by atoms with Gasteiger partial charge in [-0.3, -0.25) is 14.5 Å². The number of pyridine rings is 1. The van der Waals surface area contributed by atoms with Crippen LogP contribution < -0.4 is 10.6 Å². The zero-order valence-electron chi connectivity index (χ0n) is 16.6. The lowest BCUT2D eigenvalue weighted by Crippen LogP contribution is -2.31. The summed E-state index contributed by atoms with van der Waals surface area (Å²) in [6.45, 7) is 6.84. The van der Waals surface area contributed by atoms with E-state index in [1.54, 1.807) is 26.1 Å². The van der Waals surface area contributed by atoms with Crippen LogP contribution in [0.25, 0.3) is 5.70 Å². The molecule has 1 saturated carbocycles. The van der Waals surface area contributed by atoms with E-state index in [9.17, 15) is 4.79 Å². The molecule has 0 aromatic carbocycles. The molecule has 1 amide bonds. The second kappa shape index (κ2) is 9.33. The van der Waals surface area contributed by atoms with Crippen molar-refractivity contribution >= 4 is 41.6 Å². The van der Waals surface area contributed by atoms with Gasteiger partial charge in [0.05, 0.1) is 29.7 Å². The van der Waals surface area contributed by atoms with Gasteiger partial charge in [-0.2, -0.15) is 10.4 Å². The number of nitrogens with one attached hydrogen (secondary N) is 2. The van der Waals surface area contributed by atoms with Gasteiger partial charge in [0.1, 0.15) is 11.7 Å². The highest BCUT2D eigenvalue weighted by molar-refractivity contribution is 6.32. The second-order valence-corrected chi connectivity index (χ2v) is 7.36. The summed E-state index contributed by atoms with van der Waals surface area (Å²) < 4.78 is 1.91. The van der Waals surface area contributed by atoms with Gasteiger partial charge < -0.3 is 10.6 Å². The summed E-state index contributed by atoms with van der Waals surface area (Å²) in [5.41, 5.74) is 1.97. The van der Waals surface area contributed by atoms with Crippen molar-refractivity contribution < 1.29 is 4.79 Å². The Balaban J connectivity index is 1.78.